The van der Waals surface area contributed by atoms with Crippen LogP contribution in [0.2, 0.25) is 0 Å². The average Bonchev–Trinajstić information content (AvgIpc) is 2.50. The lowest BCUT2D eigenvalue weighted by Crippen LogP contribution is -2.24. The highest BCUT2D eigenvalue weighted by Crippen LogP contribution is 2.39. The summed E-state index contributed by atoms with van der Waals surface area (Å²) in [5.74, 6) is 1.82. The smallest absolute Gasteiger partial charge is 0.313 e. The second-order valence-electron chi connectivity index (χ2n) is 6.42. The fourth-order valence-electron chi connectivity index (χ4n) is 4.05. The number of allylic oxidation sites excluding steroid dienone is 1. The Morgan fingerprint density at radius 3 is 2.50 bits per heavy atom. The predicted molar refractivity (Wildman–Crippen MR) is 82.4 cm³/mol. The third kappa shape index (κ3) is 3.86. The Morgan fingerprint density at radius 1 is 1.20 bits per heavy atom. The van der Waals surface area contributed by atoms with E-state index >= 15 is 0 Å². The molecule has 0 bridgehead atoms. The highest BCUT2D eigenvalue weighted by Gasteiger charge is 2.29. The van der Waals surface area contributed by atoms with Gasteiger partial charge in [0, 0.05) is 0 Å². The largest absolute Gasteiger partial charge is 0.466 e. The number of hydrogen-bond acceptors (Lipinski definition) is 2. The summed E-state index contributed by atoms with van der Waals surface area (Å²) in [5.41, 5.74) is 1.35. The Kier molecular flexibility index (Phi) is 6.12. The Labute approximate surface area is 124 Å². The van der Waals surface area contributed by atoms with Gasteiger partial charge in [-0.05, 0) is 44.4 Å². The Balaban J connectivity index is 1.91. The number of rotatable bonds is 5. The molecule has 0 aliphatic heterocycles. The Hall–Kier alpha value is -0.790. The van der Waals surface area contributed by atoms with Crippen molar-refractivity contribution in [3.8, 4) is 0 Å². The third-order valence-corrected chi connectivity index (χ3v) is 5.23. The summed E-state index contributed by atoms with van der Waals surface area (Å²) in [5, 5.41) is 0. The summed E-state index contributed by atoms with van der Waals surface area (Å²) >= 11 is 0. The number of hydrogen-bond donors (Lipinski definition) is 0. The first-order valence-electron chi connectivity index (χ1n) is 8.61. The molecule has 1 fully saturated rings. The van der Waals surface area contributed by atoms with Crippen molar-refractivity contribution in [1.82, 2.24) is 0 Å². The zero-order valence-electron chi connectivity index (χ0n) is 13.2. The molecule has 0 radical (unpaired) electrons. The minimum Gasteiger partial charge on any atom is -0.466 e. The van der Waals surface area contributed by atoms with Gasteiger partial charge >= 0.3 is 5.97 Å². The van der Waals surface area contributed by atoms with Crippen LogP contribution < -0.4 is 0 Å². The molecule has 0 amide bonds. The molecule has 114 valence electrons. The van der Waals surface area contributed by atoms with Gasteiger partial charge in [-0.25, -0.2) is 0 Å². The summed E-state index contributed by atoms with van der Waals surface area (Å²) in [4.78, 5) is 12.0. The number of carbonyl (C=O) groups excluding carboxylic acids is 1. The molecule has 2 aliphatic rings. The van der Waals surface area contributed by atoms with E-state index in [0.717, 1.165) is 24.7 Å². The van der Waals surface area contributed by atoms with Crippen molar-refractivity contribution in [2.24, 2.45) is 17.8 Å². The molecule has 0 saturated heterocycles. The van der Waals surface area contributed by atoms with Crippen LogP contribution in [0.3, 0.4) is 0 Å². The van der Waals surface area contributed by atoms with Crippen molar-refractivity contribution in [3.63, 3.8) is 0 Å². The molecular weight excluding hydrogens is 248 g/mol. The molecule has 0 heterocycles. The van der Waals surface area contributed by atoms with E-state index in [2.05, 4.69) is 13.0 Å². The topological polar surface area (TPSA) is 26.3 Å². The van der Waals surface area contributed by atoms with E-state index in [-0.39, 0.29) is 11.9 Å². The van der Waals surface area contributed by atoms with Crippen LogP contribution in [0.15, 0.2) is 11.6 Å². The van der Waals surface area contributed by atoms with Crippen molar-refractivity contribution in [3.05, 3.63) is 11.6 Å². The van der Waals surface area contributed by atoms with Gasteiger partial charge in [0.05, 0.1) is 12.5 Å². The molecule has 0 aromatic heterocycles. The van der Waals surface area contributed by atoms with Crippen LogP contribution in [-0.4, -0.2) is 12.6 Å². The second-order valence-corrected chi connectivity index (χ2v) is 6.42. The van der Waals surface area contributed by atoms with Gasteiger partial charge in [0.15, 0.2) is 0 Å². The molecule has 2 aliphatic carbocycles. The van der Waals surface area contributed by atoms with Crippen molar-refractivity contribution in [2.45, 2.75) is 71.6 Å². The fourth-order valence-corrected chi connectivity index (χ4v) is 4.05. The summed E-state index contributed by atoms with van der Waals surface area (Å²) in [7, 11) is 0. The molecule has 20 heavy (non-hydrogen) atoms. The first-order chi connectivity index (χ1) is 9.76. The molecule has 0 aromatic rings. The summed E-state index contributed by atoms with van der Waals surface area (Å²) in [6, 6.07) is 0. The Bertz CT molecular complexity index is 339. The maximum absolute atomic E-state index is 12.0. The van der Waals surface area contributed by atoms with E-state index in [1.54, 1.807) is 0 Å². The first-order valence-corrected chi connectivity index (χ1v) is 8.61. The first kappa shape index (κ1) is 15.6. The quantitative estimate of drug-likeness (QED) is 0.529. The van der Waals surface area contributed by atoms with Crippen LogP contribution in [0.25, 0.3) is 0 Å². The predicted octanol–water partition coefficient (Wildman–Crippen LogP) is 4.88. The van der Waals surface area contributed by atoms with Crippen LogP contribution in [0.1, 0.15) is 71.6 Å². The molecule has 0 N–H and O–H groups in total. The van der Waals surface area contributed by atoms with Gasteiger partial charge in [0.25, 0.3) is 0 Å². The van der Waals surface area contributed by atoms with Crippen molar-refractivity contribution < 1.29 is 9.53 Å². The standard InChI is InChI=1S/C18H30O2/c1-3-17(18(19)20-4-2)16-12-10-15(11-13-16)14-8-6-5-7-9-14/h12,14-15,17H,3-11,13H2,1-2H3/t15-,17+/m0/s1. The van der Waals surface area contributed by atoms with E-state index < -0.39 is 0 Å². The minimum atomic E-state index is -0.0163. The lowest BCUT2D eigenvalue weighted by Gasteiger charge is -2.33. The van der Waals surface area contributed by atoms with Crippen LogP contribution in [-0.2, 0) is 9.53 Å². The fraction of sp³-hybridized carbons (Fsp3) is 0.833. The van der Waals surface area contributed by atoms with Gasteiger partial charge in [0.1, 0.15) is 0 Å². The number of esters is 1. The number of carbonyl (C=O) groups is 1. The van der Waals surface area contributed by atoms with Gasteiger partial charge < -0.3 is 4.74 Å². The van der Waals surface area contributed by atoms with E-state index in [9.17, 15) is 4.79 Å². The SMILES string of the molecule is CCOC(=O)[C@H](CC)C1=CC[C@H](C2CCCCC2)CC1. The molecule has 2 heteroatoms. The lowest BCUT2D eigenvalue weighted by molar-refractivity contribution is -0.146. The molecule has 0 spiro atoms. The highest BCUT2D eigenvalue weighted by atomic mass is 16.5. The van der Waals surface area contributed by atoms with Crippen LogP contribution in [0.4, 0.5) is 0 Å². The molecule has 2 nitrogen and oxygen atoms in total. The Morgan fingerprint density at radius 2 is 1.95 bits per heavy atom. The zero-order chi connectivity index (χ0) is 14.4. The molecular formula is C18H30O2. The van der Waals surface area contributed by atoms with Gasteiger partial charge in [-0.2, -0.15) is 0 Å². The monoisotopic (exact) mass is 278 g/mol. The summed E-state index contributed by atoms with van der Waals surface area (Å²) < 4.78 is 5.21. The maximum Gasteiger partial charge on any atom is 0.313 e. The highest BCUT2D eigenvalue weighted by molar-refractivity contribution is 5.75. The lowest BCUT2D eigenvalue weighted by atomic mass is 9.72. The van der Waals surface area contributed by atoms with E-state index in [1.807, 2.05) is 6.92 Å². The molecule has 1 saturated carbocycles. The normalized spacial score (nSPS) is 25.9. The molecule has 2 atom stereocenters. The van der Waals surface area contributed by atoms with Crippen molar-refractivity contribution in [2.75, 3.05) is 6.61 Å². The van der Waals surface area contributed by atoms with Crippen molar-refractivity contribution >= 4 is 5.97 Å². The zero-order valence-corrected chi connectivity index (χ0v) is 13.2. The van der Waals surface area contributed by atoms with E-state index in [1.165, 1.54) is 50.5 Å². The molecule has 0 unspecified atom stereocenters. The molecule has 2 rings (SSSR count). The minimum absolute atomic E-state index is 0.0160. The van der Waals surface area contributed by atoms with Gasteiger partial charge in [0.2, 0.25) is 0 Å². The summed E-state index contributed by atoms with van der Waals surface area (Å²) in [6.45, 7) is 4.47. The summed E-state index contributed by atoms with van der Waals surface area (Å²) in [6.07, 6.45) is 14.0. The molecule has 0 aromatic carbocycles. The average molecular weight is 278 g/mol. The third-order valence-electron chi connectivity index (χ3n) is 5.23. The van der Waals surface area contributed by atoms with Crippen LogP contribution >= 0.6 is 0 Å². The van der Waals surface area contributed by atoms with Gasteiger partial charge in [-0.15, -0.1) is 0 Å². The second kappa shape index (κ2) is 7.85. The van der Waals surface area contributed by atoms with Crippen LogP contribution in [0, 0.1) is 17.8 Å². The van der Waals surface area contributed by atoms with E-state index in [4.69, 9.17) is 4.74 Å². The van der Waals surface area contributed by atoms with Gasteiger partial charge in [-0.3, -0.25) is 4.79 Å². The van der Waals surface area contributed by atoms with E-state index in [0.29, 0.717) is 6.61 Å². The number of ether oxygens (including phenoxy) is 1. The maximum atomic E-state index is 12.0. The van der Waals surface area contributed by atoms with Crippen molar-refractivity contribution in [1.29, 1.82) is 0 Å². The van der Waals surface area contributed by atoms with Crippen LogP contribution in [0.5, 0.6) is 0 Å². The van der Waals surface area contributed by atoms with Gasteiger partial charge in [-0.1, -0.05) is 50.7 Å².